The van der Waals surface area contributed by atoms with Crippen LogP contribution in [0.5, 0.6) is 0 Å². The van der Waals surface area contributed by atoms with Crippen LogP contribution in [0.15, 0.2) is 71.8 Å². The predicted octanol–water partition coefficient (Wildman–Crippen LogP) is 5.81. The van der Waals surface area contributed by atoms with Gasteiger partial charge in [0.2, 0.25) is 5.78 Å². The lowest BCUT2D eigenvalue weighted by Crippen LogP contribution is -2.41. The van der Waals surface area contributed by atoms with Crippen LogP contribution in [-0.2, 0) is 6.42 Å². The van der Waals surface area contributed by atoms with Crippen molar-refractivity contribution in [3.05, 3.63) is 99.2 Å². The number of rotatable bonds is 5. The third kappa shape index (κ3) is 4.23. The molecule has 0 saturated heterocycles. The summed E-state index contributed by atoms with van der Waals surface area (Å²) in [7, 11) is 0. The van der Waals surface area contributed by atoms with E-state index in [9.17, 15) is 9.59 Å². The van der Waals surface area contributed by atoms with Crippen LogP contribution in [0.2, 0.25) is 10.0 Å². The number of benzene rings is 3. The molecule has 0 aliphatic carbocycles. The fraction of sp³-hybridized carbons (Fsp3) is 0.0800. The van der Waals surface area contributed by atoms with Gasteiger partial charge in [-0.15, -0.1) is 0 Å². The molecule has 0 saturated carbocycles. The lowest BCUT2D eigenvalue weighted by atomic mass is 10.0. The molecule has 8 heteroatoms. The molecule has 0 unspecified atom stereocenters. The van der Waals surface area contributed by atoms with E-state index >= 15 is 0 Å². The lowest BCUT2D eigenvalue weighted by Gasteiger charge is -2.22. The first-order chi connectivity index (χ1) is 16.0. The summed E-state index contributed by atoms with van der Waals surface area (Å²) in [5.41, 5.74) is 4.24. The molecular formula is C25H18Cl2N4O2. The minimum Gasteiger partial charge on any atom is -0.352 e. The molecule has 0 atom stereocenters. The zero-order valence-corrected chi connectivity index (χ0v) is 18.8. The lowest BCUT2D eigenvalue weighted by molar-refractivity contribution is 0.103. The number of halogens is 2. The second kappa shape index (κ2) is 8.73. The summed E-state index contributed by atoms with van der Waals surface area (Å²) in [4.78, 5) is 28.1. The number of amides is 2. The number of fused-ring (bicyclic) bond motifs is 1. The molecule has 0 bridgehead atoms. The molecule has 1 aliphatic rings. The maximum absolute atomic E-state index is 12.9. The number of aromatic amines is 1. The number of anilines is 1. The van der Waals surface area contributed by atoms with Gasteiger partial charge in [-0.25, -0.2) is 4.79 Å². The molecule has 0 spiro atoms. The van der Waals surface area contributed by atoms with Gasteiger partial charge < -0.3 is 10.3 Å². The Morgan fingerprint density at radius 3 is 2.42 bits per heavy atom. The van der Waals surface area contributed by atoms with Gasteiger partial charge in [0.25, 0.3) is 0 Å². The first-order valence-corrected chi connectivity index (χ1v) is 11.0. The topological polar surface area (TPSA) is 77.6 Å². The third-order valence-corrected chi connectivity index (χ3v) is 6.15. The average Bonchev–Trinajstić information content (AvgIpc) is 3.26. The van der Waals surface area contributed by atoms with Crippen molar-refractivity contribution in [1.29, 1.82) is 0 Å². The highest BCUT2D eigenvalue weighted by molar-refractivity contribution is 6.36. The maximum Gasteiger partial charge on any atom is 0.342 e. The quantitative estimate of drug-likeness (QED) is 0.356. The zero-order valence-electron chi connectivity index (χ0n) is 17.3. The zero-order chi connectivity index (χ0) is 22.9. The number of para-hydroxylation sites is 1. The van der Waals surface area contributed by atoms with Crippen molar-refractivity contribution >= 4 is 57.8 Å². The van der Waals surface area contributed by atoms with Crippen molar-refractivity contribution in [3.63, 3.8) is 0 Å². The molecule has 164 valence electrons. The van der Waals surface area contributed by atoms with Gasteiger partial charge in [0, 0.05) is 39.1 Å². The second-order valence-electron chi connectivity index (χ2n) is 7.66. The maximum atomic E-state index is 12.9. The molecule has 3 aromatic carbocycles. The summed E-state index contributed by atoms with van der Waals surface area (Å²) in [6.07, 6.45) is 2.07. The number of urea groups is 1. The van der Waals surface area contributed by atoms with Crippen molar-refractivity contribution < 1.29 is 9.59 Å². The van der Waals surface area contributed by atoms with Gasteiger partial charge in [-0.1, -0.05) is 65.7 Å². The van der Waals surface area contributed by atoms with Crippen LogP contribution in [0.3, 0.4) is 0 Å². The second-order valence-corrected chi connectivity index (χ2v) is 8.47. The van der Waals surface area contributed by atoms with Gasteiger partial charge in [-0.3, -0.25) is 4.79 Å². The van der Waals surface area contributed by atoms with Crippen LogP contribution in [0.1, 0.15) is 27.2 Å². The molecule has 1 aromatic heterocycles. The summed E-state index contributed by atoms with van der Waals surface area (Å²) >= 11 is 13.0. The number of ketones is 1. The molecule has 2 heterocycles. The highest BCUT2D eigenvalue weighted by Gasteiger charge is 2.20. The van der Waals surface area contributed by atoms with E-state index in [1.165, 1.54) is 5.01 Å². The normalized spacial score (nSPS) is 13.4. The number of H-pyrrole nitrogens is 1. The summed E-state index contributed by atoms with van der Waals surface area (Å²) < 4.78 is 0. The summed E-state index contributed by atoms with van der Waals surface area (Å²) in [5, 5.41) is 9.85. The van der Waals surface area contributed by atoms with Gasteiger partial charge in [0.05, 0.1) is 17.9 Å². The van der Waals surface area contributed by atoms with E-state index in [0.717, 1.165) is 22.0 Å². The first kappa shape index (κ1) is 21.2. The molecule has 5 rings (SSSR count). The molecule has 0 radical (unpaired) electrons. The average molecular weight is 477 g/mol. The number of nitrogens with one attached hydrogen (secondary N) is 2. The summed E-state index contributed by atoms with van der Waals surface area (Å²) in [6, 6.07) is 20.0. The van der Waals surface area contributed by atoms with Crippen molar-refractivity contribution in [2.45, 2.75) is 6.42 Å². The molecular weight excluding hydrogens is 459 g/mol. The van der Waals surface area contributed by atoms with E-state index in [2.05, 4.69) is 15.4 Å². The van der Waals surface area contributed by atoms with E-state index in [4.69, 9.17) is 23.2 Å². The van der Waals surface area contributed by atoms with Crippen molar-refractivity contribution in [2.75, 3.05) is 11.6 Å². The van der Waals surface area contributed by atoms with E-state index in [0.29, 0.717) is 40.0 Å². The summed E-state index contributed by atoms with van der Waals surface area (Å²) in [6.45, 7) is 0.383. The van der Waals surface area contributed by atoms with Crippen LogP contribution in [0.25, 0.3) is 10.9 Å². The Kier molecular flexibility index (Phi) is 5.62. The van der Waals surface area contributed by atoms with Crippen LogP contribution in [-0.4, -0.2) is 29.6 Å². The Bertz CT molecular complexity index is 1350. The van der Waals surface area contributed by atoms with E-state index in [1.54, 1.807) is 30.5 Å². The number of carbonyl (C=O) groups excluding carboxylic acids is 2. The highest BCUT2D eigenvalue weighted by Crippen LogP contribution is 2.33. The van der Waals surface area contributed by atoms with E-state index in [1.807, 2.05) is 42.5 Å². The van der Waals surface area contributed by atoms with Gasteiger partial charge in [-0.05, 0) is 35.4 Å². The smallest absolute Gasteiger partial charge is 0.342 e. The number of hydrogen-bond acceptors (Lipinski definition) is 3. The van der Waals surface area contributed by atoms with Gasteiger partial charge in [-0.2, -0.15) is 10.1 Å². The van der Waals surface area contributed by atoms with Crippen molar-refractivity contribution in [1.82, 2.24) is 10.3 Å². The van der Waals surface area contributed by atoms with Gasteiger partial charge >= 0.3 is 6.03 Å². The SMILES string of the molecule is O=C(c1ccc(Cc2c(Cl)cc(N3N=CCNC3=O)cc2Cl)cc1)c1cc2ccccc2[nH]1. The Hall–Kier alpha value is -3.61. The Morgan fingerprint density at radius 1 is 1.00 bits per heavy atom. The molecule has 6 nitrogen and oxygen atoms in total. The molecule has 0 fully saturated rings. The van der Waals surface area contributed by atoms with E-state index < -0.39 is 0 Å². The minimum atomic E-state index is -0.340. The molecule has 1 aliphatic heterocycles. The standard InChI is InChI=1S/C25H18Cl2N4O2/c26-20-13-18(31-25(33)28-9-10-29-31)14-21(27)19(20)11-15-5-7-16(8-6-15)24(32)23-12-17-3-1-2-4-22(17)30-23/h1-8,10,12-14,30H,9,11H2,(H,28,33). The fourth-order valence-corrected chi connectivity index (χ4v) is 4.39. The number of hydrogen-bond donors (Lipinski definition) is 2. The number of carbonyl (C=O) groups is 2. The van der Waals surface area contributed by atoms with Crippen molar-refractivity contribution in [2.24, 2.45) is 5.10 Å². The van der Waals surface area contributed by atoms with Gasteiger partial charge in [0.15, 0.2) is 0 Å². The Balaban J connectivity index is 1.35. The van der Waals surface area contributed by atoms with Crippen LogP contribution < -0.4 is 10.3 Å². The molecule has 2 N–H and O–H groups in total. The molecule has 4 aromatic rings. The predicted molar refractivity (Wildman–Crippen MR) is 132 cm³/mol. The summed E-state index contributed by atoms with van der Waals surface area (Å²) in [5.74, 6) is -0.0708. The Morgan fingerprint density at radius 2 is 1.73 bits per heavy atom. The third-order valence-electron chi connectivity index (χ3n) is 5.48. The first-order valence-electron chi connectivity index (χ1n) is 10.3. The molecule has 33 heavy (non-hydrogen) atoms. The van der Waals surface area contributed by atoms with Crippen molar-refractivity contribution in [3.8, 4) is 0 Å². The van der Waals surface area contributed by atoms with Crippen LogP contribution in [0, 0.1) is 0 Å². The number of nitrogens with zero attached hydrogens (tertiary/aromatic N) is 2. The number of aromatic nitrogens is 1. The molecule has 2 amide bonds. The fourth-order valence-electron chi connectivity index (χ4n) is 3.78. The highest BCUT2D eigenvalue weighted by atomic mass is 35.5. The minimum absolute atomic E-state index is 0.0708. The van der Waals surface area contributed by atoms with Crippen LogP contribution >= 0.6 is 23.2 Å². The largest absolute Gasteiger partial charge is 0.352 e. The van der Waals surface area contributed by atoms with E-state index in [-0.39, 0.29) is 11.8 Å². The monoisotopic (exact) mass is 476 g/mol. The van der Waals surface area contributed by atoms with Gasteiger partial charge in [0.1, 0.15) is 0 Å². The Labute approximate surface area is 199 Å². The van der Waals surface area contributed by atoms with Crippen LogP contribution in [0.4, 0.5) is 10.5 Å². The number of hydrazone groups is 1.